The Kier molecular flexibility index (Phi) is 6.23. The van der Waals surface area contributed by atoms with Crippen molar-refractivity contribution in [3.05, 3.63) is 12.2 Å². The highest BCUT2D eigenvalue weighted by molar-refractivity contribution is 5.51. The molecular weight excluding hydrogens is 404 g/mol. The van der Waals surface area contributed by atoms with Gasteiger partial charge in [0.2, 0.25) is 5.79 Å². The smallest absolute Gasteiger partial charge is 0.200 e. The topological polar surface area (TPSA) is 54.0 Å². The van der Waals surface area contributed by atoms with Crippen molar-refractivity contribution in [3.63, 3.8) is 0 Å². The van der Waals surface area contributed by atoms with Gasteiger partial charge in [-0.1, -0.05) is 26.0 Å². The van der Waals surface area contributed by atoms with Crippen molar-refractivity contribution in [2.75, 3.05) is 13.7 Å². The van der Waals surface area contributed by atoms with Crippen LogP contribution in [0.1, 0.15) is 92.4 Å². The number of hydrogen-bond donors (Lipinski definition) is 0. The molecule has 4 aliphatic heterocycles. The van der Waals surface area contributed by atoms with Crippen LogP contribution in [-0.4, -0.2) is 42.8 Å². The number of methoxy groups -OCH3 is 1. The summed E-state index contributed by atoms with van der Waals surface area (Å²) in [6.07, 6.45) is 9.87. The van der Waals surface area contributed by atoms with Crippen LogP contribution >= 0.6 is 0 Å². The summed E-state index contributed by atoms with van der Waals surface area (Å²) in [5.41, 5.74) is 0.426. The fraction of sp³-hybridized carbons (Fsp3) is 0.889. The lowest BCUT2D eigenvalue weighted by atomic mass is 9.58. The fourth-order valence-electron chi connectivity index (χ4n) is 7.37. The SMILES string of the molecule is C=C1CC[C@H](CC[C@H]2CC[C@]3(OC2)O[C@@]2(OC)CC[C@]3(C)OC2(C)C)C(C)(C)[C@H]1CC=O. The predicted octanol–water partition coefficient (Wildman–Crippen LogP) is 5.81. The van der Waals surface area contributed by atoms with Crippen molar-refractivity contribution in [2.45, 2.75) is 115 Å². The molecule has 1 spiro atoms. The molecule has 5 aliphatic rings. The summed E-state index contributed by atoms with van der Waals surface area (Å²) in [5, 5.41) is 0. The minimum absolute atomic E-state index is 0.121. The molecule has 32 heavy (non-hydrogen) atoms. The minimum Gasteiger partial charge on any atom is -0.358 e. The summed E-state index contributed by atoms with van der Waals surface area (Å²) < 4.78 is 25.8. The summed E-state index contributed by atoms with van der Waals surface area (Å²) >= 11 is 0. The van der Waals surface area contributed by atoms with E-state index in [1.54, 1.807) is 7.11 Å². The number of hydrogen-bond acceptors (Lipinski definition) is 5. The van der Waals surface area contributed by atoms with E-state index in [0.717, 1.165) is 44.8 Å². The van der Waals surface area contributed by atoms with Gasteiger partial charge in [-0.15, -0.1) is 0 Å². The number of carbonyl (C=O) groups excluding carboxylic acids is 1. The summed E-state index contributed by atoms with van der Waals surface area (Å²) in [6, 6.07) is 0. The van der Waals surface area contributed by atoms with E-state index in [1.165, 1.54) is 18.4 Å². The Hall–Kier alpha value is -0.750. The molecule has 4 saturated heterocycles. The van der Waals surface area contributed by atoms with E-state index in [0.29, 0.717) is 30.8 Å². The molecule has 4 heterocycles. The van der Waals surface area contributed by atoms with Gasteiger partial charge in [0.15, 0.2) is 5.79 Å². The lowest BCUT2D eigenvalue weighted by Gasteiger charge is -2.67. The van der Waals surface area contributed by atoms with Crippen LogP contribution in [0.2, 0.25) is 0 Å². The zero-order valence-corrected chi connectivity index (χ0v) is 21.1. The molecule has 5 fully saturated rings. The van der Waals surface area contributed by atoms with Crippen LogP contribution in [0.5, 0.6) is 0 Å². The molecule has 182 valence electrons. The minimum atomic E-state index is -0.750. The summed E-state index contributed by atoms with van der Waals surface area (Å²) in [6.45, 7) is 15.9. The van der Waals surface area contributed by atoms with Gasteiger partial charge in [-0.05, 0) is 82.5 Å². The third-order valence-electron chi connectivity index (χ3n) is 9.74. The Morgan fingerprint density at radius 2 is 1.81 bits per heavy atom. The molecule has 5 nitrogen and oxygen atoms in total. The molecule has 6 atom stereocenters. The molecule has 2 bridgehead atoms. The van der Waals surface area contributed by atoms with Crippen LogP contribution in [-0.2, 0) is 23.7 Å². The highest BCUT2D eigenvalue weighted by Gasteiger charge is 2.71. The fourth-order valence-corrected chi connectivity index (χ4v) is 7.37. The van der Waals surface area contributed by atoms with E-state index in [9.17, 15) is 4.79 Å². The second-order valence-corrected chi connectivity index (χ2v) is 12.1. The van der Waals surface area contributed by atoms with Crippen molar-refractivity contribution in [3.8, 4) is 0 Å². The van der Waals surface area contributed by atoms with Crippen LogP contribution < -0.4 is 0 Å². The first kappa shape index (κ1) is 24.4. The number of ether oxygens (including phenoxy) is 4. The van der Waals surface area contributed by atoms with E-state index >= 15 is 0 Å². The second-order valence-electron chi connectivity index (χ2n) is 12.1. The lowest BCUT2D eigenvalue weighted by Crippen LogP contribution is -2.78. The first-order valence-electron chi connectivity index (χ1n) is 12.6. The van der Waals surface area contributed by atoms with Crippen molar-refractivity contribution in [1.29, 1.82) is 0 Å². The number of fused-ring (bicyclic) bond motifs is 2. The molecule has 0 radical (unpaired) electrons. The van der Waals surface area contributed by atoms with Crippen LogP contribution in [0, 0.1) is 23.2 Å². The van der Waals surface area contributed by atoms with Crippen LogP contribution in [0.25, 0.3) is 0 Å². The second kappa shape index (κ2) is 8.18. The summed E-state index contributed by atoms with van der Waals surface area (Å²) in [5.74, 6) is -0.00917. The summed E-state index contributed by atoms with van der Waals surface area (Å²) in [7, 11) is 1.72. The predicted molar refractivity (Wildman–Crippen MR) is 124 cm³/mol. The Balaban J connectivity index is 1.38. The van der Waals surface area contributed by atoms with E-state index in [4.69, 9.17) is 18.9 Å². The number of aldehydes is 1. The van der Waals surface area contributed by atoms with E-state index in [-0.39, 0.29) is 5.41 Å². The zero-order chi connectivity index (χ0) is 23.4. The molecule has 0 aromatic carbocycles. The molecular formula is C27H44O5. The molecule has 5 heteroatoms. The molecule has 5 rings (SSSR count). The molecule has 0 amide bonds. The maximum atomic E-state index is 11.2. The van der Waals surface area contributed by atoms with Crippen molar-refractivity contribution < 1.29 is 23.7 Å². The molecule has 1 aliphatic carbocycles. The van der Waals surface area contributed by atoms with Crippen LogP contribution in [0.3, 0.4) is 0 Å². The Bertz CT molecular complexity index is 734. The largest absolute Gasteiger partial charge is 0.358 e. The van der Waals surface area contributed by atoms with Crippen molar-refractivity contribution in [2.24, 2.45) is 23.2 Å². The van der Waals surface area contributed by atoms with Crippen LogP contribution in [0.4, 0.5) is 0 Å². The summed E-state index contributed by atoms with van der Waals surface area (Å²) in [4.78, 5) is 11.2. The normalized spacial score (nSPS) is 45.2. The standard InChI is InChI=1S/C27H44O5/c1-19-8-10-21(23(2,3)22(19)13-17-28)11-9-20-12-14-27(30-18-20)25(6)15-16-26(29-7,32-27)24(4,5)31-25/h17,20-22H,1,8-16,18H2,2-7H3/t20-,21+,22-,25-,26-,27-/m0/s1. The lowest BCUT2D eigenvalue weighted by molar-refractivity contribution is -0.525. The Labute approximate surface area is 194 Å². The maximum absolute atomic E-state index is 11.2. The molecule has 0 aromatic heterocycles. The maximum Gasteiger partial charge on any atom is 0.200 e. The van der Waals surface area contributed by atoms with Gasteiger partial charge in [0.05, 0.1) is 6.61 Å². The number of allylic oxidation sites excluding steroid dienone is 1. The van der Waals surface area contributed by atoms with E-state index < -0.39 is 22.8 Å². The number of rotatable bonds is 6. The Morgan fingerprint density at radius 3 is 2.41 bits per heavy atom. The van der Waals surface area contributed by atoms with E-state index in [2.05, 4.69) is 41.2 Å². The molecule has 1 saturated carbocycles. The first-order chi connectivity index (χ1) is 14.9. The van der Waals surface area contributed by atoms with Gasteiger partial charge in [-0.25, -0.2) is 0 Å². The highest BCUT2D eigenvalue weighted by Crippen LogP contribution is 2.60. The molecule has 0 aromatic rings. The van der Waals surface area contributed by atoms with Crippen molar-refractivity contribution in [1.82, 2.24) is 0 Å². The highest BCUT2D eigenvalue weighted by atomic mass is 16.8. The third-order valence-corrected chi connectivity index (χ3v) is 9.74. The van der Waals surface area contributed by atoms with Crippen LogP contribution in [0.15, 0.2) is 12.2 Å². The zero-order valence-electron chi connectivity index (χ0n) is 21.1. The van der Waals surface area contributed by atoms with Gasteiger partial charge in [-0.3, -0.25) is 0 Å². The first-order valence-corrected chi connectivity index (χ1v) is 12.6. The van der Waals surface area contributed by atoms with Gasteiger partial charge in [0.1, 0.15) is 17.5 Å². The van der Waals surface area contributed by atoms with Gasteiger partial charge in [0.25, 0.3) is 0 Å². The van der Waals surface area contributed by atoms with Gasteiger partial charge in [-0.2, -0.15) is 0 Å². The van der Waals surface area contributed by atoms with Gasteiger partial charge >= 0.3 is 0 Å². The Morgan fingerprint density at radius 1 is 1.06 bits per heavy atom. The molecule has 0 N–H and O–H groups in total. The third kappa shape index (κ3) is 3.62. The van der Waals surface area contributed by atoms with E-state index in [1.807, 2.05) is 0 Å². The number of carbonyl (C=O) groups is 1. The monoisotopic (exact) mass is 448 g/mol. The van der Waals surface area contributed by atoms with Gasteiger partial charge in [0, 0.05) is 26.4 Å². The average molecular weight is 449 g/mol. The molecule has 0 unspecified atom stereocenters. The average Bonchev–Trinajstić information content (AvgIpc) is 2.73. The van der Waals surface area contributed by atoms with Gasteiger partial charge < -0.3 is 23.7 Å². The quantitative estimate of drug-likeness (QED) is 0.379. The van der Waals surface area contributed by atoms with Crippen molar-refractivity contribution >= 4 is 6.29 Å².